The van der Waals surface area contributed by atoms with Crippen molar-refractivity contribution >= 4 is 23.5 Å². The molecular formula is C23H25N3O6. The lowest BCUT2D eigenvalue weighted by Gasteiger charge is -2.17. The summed E-state index contributed by atoms with van der Waals surface area (Å²) in [5.41, 5.74) is 7.58. The van der Waals surface area contributed by atoms with E-state index in [1.165, 1.54) is 11.0 Å². The zero-order valence-electron chi connectivity index (χ0n) is 18.0. The van der Waals surface area contributed by atoms with E-state index >= 15 is 0 Å². The van der Waals surface area contributed by atoms with Gasteiger partial charge in [0, 0.05) is 23.7 Å². The standard InChI is InChI=1S/C23H25N3O6/c1-3-30-20-10-16(32-13-21(28)31-4-2)6-8-18(20)19(27)12-26-11-15-9-14(22(24)25)5-7-17(15)23(26)29/h5-10H,3-4,11-13H2,1-2H3,(H3,24,25). The van der Waals surface area contributed by atoms with Crippen molar-refractivity contribution in [3.63, 3.8) is 0 Å². The summed E-state index contributed by atoms with van der Waals surface area (Å²) in [4.78, 5) is 38.6. The number of nitrogen functional groups attached to an aromatic ring is 1. The van der Waals surface area contributed by atoms with E-state index in [0.717, 1.165) is 5.56 Å². The van der Waals surface area contributed by atoms with Crippen LogP contribution in [0.25, 0.3) is 0 Å². The average Bonchev–Trinajstić information content (AvgIpc) is 3.07. The molecule has 1 heterocycles. The number of rotatable bonds is 10. The molecule has 32 heavy (non-hydrogen) atoms. The molecule has 0 radical (unpaired) electrons. The molecule has 0 unspecified atom stereocenters. The molecule has 0 aliphatic carbocycles. The Kier molecular flexibility index (Phi) is 7.09. The normalized spacial score (nSPS) is 12.3. The van der Waals surface area contributed by atoms with Crippen LogP contribution in [0.1, 0.15) is 45.7 Å². The summed E-state index contributed by atoms with van der Waals surface area (Å²) in [6, 6.07) is 9.59. The van der Waals surface area contributed by atoms with Crippen LogP contribution < -0.4 is 15.2 Å². The third-order valence-corrected chi connectivity index (χ3v) is 4.84. The molecule has 0 saturated carbocycles. The summed E-state index contributed by atoms with van der Waals surface area (Å²) < 4.78 is 15.8. The third-order valence-electron chi connectivity index (χ3n) is 4.84. The molecule has 9 heteroatoms. The Labute approximate surface area is 185 Å². The number of fused-ring (bicyclic) bond motifs is 1. The lowest BCUT2D eigenvalue weighted by Crippen LogP contribution is -2.30. The highest BCUT2D eigenvalue weighted by molar-refractivity contribution is 6.06. The lowest BCUT2D eigenvalue weighted by atomic mass is 10.1. The first-order valence-electron chi connectivity index (χ1n) is 10.2. The van der Waals surface area contributed by atoms with E-state index in [0.29, 0.717) is 34.8 Å². The fraction of sp³-hybridized carbons (Fsp3) is 0.304. The van der Waals surface area contributed by atoms with Gasteiger partial charge in [-0.3, -0.25) is 15.0 Å². The number of ether oxygens (including phenoxy) is 3. The van der Waals surface area contributed by atoms with E-state index in [9.17, 15) is 14.4 Å². The van der Waals surface area contributed by atoms with Crippen LogP contribution in [0.3, 0.4) is 0 Å². The number of esters is 1. The zero-order chi connectivity index (χ0) is 23.3. The Morgan fingerprint density at radius 3 is 2.56 bits per heavy atom. The third kappa shape index (κ3) is 5.05. The summed E-state index contributed by atoms with van der Waals surface area (Å²) >= 11 is 0. The molecule has 0 bridgehead atoms. The number of Topliss-reactive ketones (excluding diaryl/α,β-unsaturated/α-hetero) is 1. The quantitative estimate of drug-likeness (QED) is 0.251. The lowest BCUT2D eigenvalue weighted by molar-refractivity contribution is -0.145. The topological polar surface area (TPSA) is 132 Å². The second-order valence-electron chi connectivity index (χ2n) is 7.05. The van der Waals surface area contributed by atoms with Gasteiger partial charge < -0.3 is 24.8 Å². The number of ketones is 1. The van der Waals surface area contributed by atoms with Crippen molar-refractivity contribution in [2.24, 2.45) is 5.73 Å². The van der Waals surface area contributed by atoms with Crippen molar-refractivity contribution < 1.29 is 28.6 Å². The SMILES string of the molecule is CCOC(=O)COc1ccc(C(=O)CN2Cc3cc(C(=N)N)ccc3C2=O)c(OCC)c1. The first-order chi connectivity index (χ1) is 15.3. The Hall–Kier alpha value is -3.88. The summed E-state index contributed by atoms with van der Waals surface area (Å²) in [5, 5.41) is 7.55. The maximum atomic E-state index is 13.0. The van der Waals surface area contributed by atoms with Crippen molar-refractivity contribution in [1.82, 2.24) is 4.90 Å². The molecule has 0 fully saturated rings. The largest absolute Gasteiger partial charge is 0.493 e. The molecule has 3 N–H and O–H groups in total. The summed E-state index contributed by atoms with van der Waals surface area (Å²) in [7, 11) is 0. The molecule has 9 nitrogen and oxygen atoms in total. The van der Waals surface area contributed by atoms with E-state index in [-0.39, 0.29) is 43.8 Å². The van der Waals surface area contributed by atoms with Gasteiger partial charge in [0.1, 0.15) is 17.3 Å². The van der Waals surface area contributed by atoms with Crippen LogP contribution >= 0.6 is 0 Å². The first kappa shape index (κ1) is 22.8. The average molecular weight is 439 g/mol. The predicted octanol–water partition coefficient (Wildman–Crippen LogP) is 2.15. The van der Waals surface area contributed by atoms with Gasteiger partial charge in [-0.25, -0.2) is 4.79 Å². The number of amides is 1. The van der Waals surface area contributed by atoms with Crippen LogP contribution in [-0.2, 0) is 16.1 Å². The minimum absolute atomic E-state index is 0.0820. The van der Waals surface area contributed by atoms with Gasteiger partial charge >= 0.3 is 5.97 Å². The predicted molar refractivity (Wildman–Crippen MR) is 116 cm³/mol. The highest BCUT2D eigenvalue weighted by Gasteiger charge is 2.30. The van der Waals surface area contributed by atoms with Crippen molar-refractivity contribution in [3.05, 3.63) is 58.7 Å². The molecule has 1 aliphatic rings. The molecule has 2 aromatic rings. The molecule has 1 amide bonds. The van der Waals surface area contributed by atoms with Gasteiger partial charge in [-0.15, -0.1) is 0 Å². The van der Waals surface area contributed by atoms with Gasteiger partial charge in [0.25, 0.3) is 5.91 Å². The highest BCUT2D eigenvalue weighted by atomic mass is 16.6. The van der Waals surface area contributed by atoms with Crippen LogP contribution in [-0.4, -0.2) is 54.8 Å². The number of hydrogen-bond acceptors (Lipinski definition) is 7. The second kappa shape index (κ2) is 9.95. The zero-order valence-corrected chi connectivity index (χ0v) is 18.0. The van der Waals surface area contributed by atoms with E-state index in [1.54, 1.807) is 44.2 Å². The summed E-state index contributed by atoms with van der Waals surface area (Å²) in [6.07, 6.45) is 0. The molecule has 0 aromatic heterocycles. The number of nitrogens with zero attached hydrogens (tertiary/aromatic N) is 1. The van der Waals surface area contributed by atoms with Crippen molar-refractivity contribution in [2.75, 3.05) is 26.4 Å². The minimum atomic E-state index is -0.495. The molecule has 168 valence electrons. The van der Waals surface area contributed by atoms with Gasteiger partial charge in [0.2, 0.25) is 0 Å². The summed E-state index contributed by atoms with van der Waals surface area (Å²) in [6.45, 7) is 3.94. The van der Waals surface area contributed by atoms with Crippen LogP contribution in [0.4, 0.5) is 0 Å². The van der Waals surface area contributed by atoms with Crippen molar-refractivity contribution in [3.8, 4) is 11.5 Å². The number of carbonyl (C=O) groups is 3. The van der Waals surface area contributed by atoms with Gasteiger partial charge in [0.05, 0.1) is 25.3 Å². The number of hydrogen-bond donors (Lipinski definition) is 2. The Balaban J connectivity index is 1.73. The number of amidine groups is 1. The molecule has 3 rings (SSSR count). The molecule has 0 saturated heterocycles. The molecule has 0 spiro atoms. The first-order valence-corrected chi connectivity index (χ1v) is 10.2. The van der Waals surface area contributed by atoms with Crippen LogP contribution in [0.5, 0.6) is 11.5 Å². The maximum Gasteiger partial charge on any atom is 0.344 e. The van der Waals surface area contributed by atoms with Gasteiger partial charge in [-0.1, -0.05) is 6.07 Å². The van der Waals surface area contributed by atoms with Crippen LogP contribution in [0.15, 0.2) is 36.4 Å². The second-order valence-corrected chi connectivity index (χ2v) is 7.05. The van der Waals surface area contributed by atoms with Crippen molar-refractivity contribution in [1.29, 1.82) is 5.41 Å². The van der Waals surface area contributed by atoms with Gasteiger partial charge in [0.15, 0.2) is 12.4 Å². The van der Waals surface area contributed by atoms with E-state index in [2.05, 4.69) is 0 Å². The fourth-order valence-electron chi connectivity index (χ4n) is 3.38. The Morgan fingerprint density at radius 2 is 1.88 bits per heavy atom. The van der Waals surface area contributed by atoms with Gasteiger partial charge in [-0.2, -0.15) is 0 Å². The highest BCUT2D eigenvalue weighted by Crippen LogP contribution is 2.28. The van der Waals surface area contributed by atoms with Crippen LogP contribution in [0.2, 0.25) is 0 Å². The number of benzene rings is 2. The number of carbonyl (C=O) groups excluding carboxylic acids is 3. The fourth-order valence-corrected chi connectivity index (χ4v) is 3.38. The smallest absolute Gasteiger partial charge is 0.344 e. The molecule has 0 atom stereocenters. The Bertz CT molecular complexity index is 1070. The summed E-state index contributed by atoms with van der Waals surface area (Å²) in [5.74, 6) is -0.456. The number of nitrogens with one attached hydrogen (secondary N) is 1. The Morgan fingerprint density at radius 1 is 1.09 bits per heavy atom. The van der Waals surface area contributed by atoms with Crippen molar-refractivity contribution in [2.45, 2.75) is 20.4 Å². The van der Waals surface area contributed by atoms with E-state index in [1.807, 2.05) is 0 Å². The molecular weight excluding hydrogens is 414 g/mol. The maximum absolute atomic E-state index is 13.0. The minimum Gasteiger partial charge on any atom is -0.493 e. The van der Waals surface area contributed by atoms with Crippen LogP contribution in [0, 0.1) is 5.41 Å². The monoisotopic (exact) mass is 439 g/mol. The molecule has 1 aliphatic heterocycles. The van der Waals surface area contributed by atoms with Gasteiger partial charge in [-0.05, 0) is 43.7 Å². The van der Waals surface area contributed by atoms with E-state index < -0.39 is 5.97 Å². The molecule has 2 aromatic carbocycles. The number of nitrogens with two attached hydrogens (primary N) is 1. The van der Waals surface area contributed by atoms with E-state index in [4.69, 9.17) is 25.4 Å².